The van der Waals surface area contributed by atoms with Crippen molar-refractivity contribution in [3.8, 4) is 0 Å². The average molecular weight is 635 g/mol. The zero-order valence-electron chi connectivity index (χ0n) is 26.0. The van der Waals surface area contributed by atoms with Gasteiger partial charge in [-0.1, -0.05) is 30.7 Å². The maximum Gasteiger partial charge on any atom is 0.272 e. The first kappa shape index (κ1) is 32.3. The van der Waals surface area contributed by atoms with Crippen molar-refractivity contribution in [3.63, 3.8) is 0 Å². The molecule has 1 aliphatic carbocycles. The molecule has 3 aliphatic heterocycles. The highest BCUT2D eigenvalue weighted by Crippen LogP contribution is 2.40. The van der Waals surface area contributed by atoms with Gasteiger partial charge in [-0.25, -0.2) is 22.7 Å². The Hall–Kier alpha value is -2.05. The molecule has 4 aliphatic rings. The van der Waals surface area contributed by atoms with Crippen molar-refractivity contribution in [1.82, 2.24) is 24.1 Å². The molecular weight excluding hydrogens is 588 g/mol. The molecule has 3 atom stereocenters. The monoisotopic (exact) mass is 634 g/mol. The van der Waals surface area contributed by atoms with Crippen LogP contribution in [-0.2, 0) is 14.8 Å². The zero-order chi connectivity index (χ0) is 30.8. The standard InChI is InChI=1S/C31H47ClN6O4S/c1-22-28(30(39)38-18-12-25(13-19-38)37-16-10-24(11-17-37)36(3)43(4,40)41)34-21-35-29(22)33-20-26-6-5-7-27(42-26)31(2)14-8-23(32)9-15-31/h8-9,14,21,24-27H,5-7,10-13,15-20H2,1-4H3,(H,33,34,35)/t26-,27+,31?/m0/s1. The first-order valence-electron chi connectivity index (χ1n) is 15.7. The minimum absolute atomic E-state index is 0.0485. The summed E-state index contributed by atoms with van der Waals surface area (Å²) in [6.45, 7) is 7.91. The van der Waals surface area contributed by atoms with Crippen LogP contribution in [0, 0.1) is 12.3 Å². The number of aromatic nitrogens is 2. The molecule has 3 fully saturated rings. The normalized spacial score (nSPS) is 28.2. The Morgan fingerprint density at radius 3 is 2.51 bits per heavy atom. The highest BCUT2D eigenvalue weighted by molar-refractivity contribution is 7.88. The fourth-order valence-electron chi connectivity index (χ4n) is 7.02. The van der Waals surface area contributed by atoms with Gasteiger partial charge in [0.25, 0.3) is 5.91 Å². The molecule has 0 spiro atoms. The third-order valence-corrected chi connectivity index (χ3v) is 11.7. The van der Waals surface area contributed by atoms with Crippen molar-refractivity contribution >= 4 is 33.3 Å². The molecule has 0 radical (unpaired) electrons. The number of nitrogens with one attached hydrogen (secondary N) is 1. The molecule has 43 heavy (non-hydrogen) atoms. The predicted molar refractivity (Wildman–Crippen MR) is 170 cm³/mol. The summed E-state index contributed by atoms with van der Waals surface area (Å²) in [6, 6.07) is 0.480. The van der Waals surface area contributed by atoms with Crippen LogP contribution in [0.2, 0.25) is 0 Å². The van der Waals surface area contributed by atoms with E-state index in [1.807, 2.05) is 17.9 Å². The summed E-state index contributed by atoms with van der Waals surface area (Å²) >= 11 is 6.16. The topological polar surface area (TPSA) is 108 Å². The van der Waals surface area contributed by atoms with Crippen molar-refractivity contribution in [2.75, 3.05) is 51.3 Å². The van der Waals surface area contributed by atoms with Crippen LogP contribution >= 0.6 is 11.6 Å². The van der Waals surface area contributed by atoms with E-state index >= 15 is 0 Å². The first-order valence-corrected chi connectivity index (χ1v) is 17.9. The zero-order valence-corrected chi connectivity index (χ0v) is 27.5. The van der Waals surface area contributed by atoms with Gasteiger partial charge in [0.15, 0.2) is 0 Å². The van der Waals surface area contributed by atoms with Gasteiger partial charge >= 0.3 is 0 Å². The number of sulfonamides is 1. The molecule has 0 bridgehead atoms. The summed E-state index contributed by atoms with van der Waals surface area (Å²) in [7, 11) is -1.49. The highest BCUT2D eigenvalue weighted by Gasteiger charge is 2.37. The minimum Gasteiger partial charge on any atom is -0.372 e. The van der Waals surface area contributed by atoms with Crippen molar-refractivity contribution < 1.29 is 17.9 Å². The molecule has 4 heterocycles. The van der Waals surface area contributed by atoms with Crippen molar-refractivity contribution in [2.24, 2.45) is 5.41 Å². The van der Waals surface area contributed by atoms with E-state index in [2.05, 4.69) is 39.3 Å². The summed E-state index contributed by atoms with van der Waals surface area (Å²) < 4.78 is 31.9. The van der Waals surface area contributed by atoms with Gasteiger partial charge in [-0.2, -0.15) is 0 Å². The third kappa shape index (κ3) is 7.61. The van der Waals surface area contributed by atoms with Crippen LogP contribution in [0.4, 0.5) is 5.82 Å². The number of likely N-dealkylation sites (tertiary alicyclic amines) is 2. The van der Waals surface area contributed by atoms with Crippen LogP contribution in [0.5, 0.6) is 0 Å². The number of piperidine rings is 2. The number of allylic oxidation sites excluding steroid dienone is 3. The highest BCUT2D eigenvalue weighted by atomic mass is 35.5. The number of amides is 1. The van der Waals surface area contributed by atoms with E-state index in [1.54, 1.807) is 7.05 Å². The number of hydrogen-bond acceptors (Lipinski definition) is 8. The Bertz CT molecular complexity index is 1320. The van der Waals surface area contributed by atoms with E-state index in [0.29, 0.717) is 37.2 Å². The summed E-state index contributed by atoms with van der Waals surface area (Å²) in [5.74, 6) is 0.631. The van der Waals surface area contributed by atoms with Gasteiger partial charge in [0.05, 0.1) is 18.5 Å². The smallest absolute Gasteiger partial charge is 0.272 e. The lowest BCUT2D eigenvalue weighted by molar-refractivity contribution is -0.0883. The number of ether oxygens (including phenoxy) is 1. The van der Waals surface area contributed by atoms with E-state index in [1.165, 1.54) is 16.9 Å². The summed E-state index contributed by atoms with van der Waals surface area (Å²) in [6.07, 6.45) is 16.7. The lowest BCUT2D eigenvalue weighted by atomic mass is 9.75. The number of carbonyl (C=O) groups excluding carboxylic acids is 1. The van der Waals surface area contributed by atoms with Crippen LogP contribution in [0.25, 0.3) is 0 Å². The maximum absolute atomic E-state index is 13.5. The molecule has 1 aromatic heterocycles. The van der Waals surface area contributed by atoms with Crippen molar-refractivity contribution in [2.45, 2.75) is 89.5 Å². The number of carbonyl (C=O) groups is 1. The van der Waals surface area contributed by atoms with E-state index in [9.17, 15) is 13.2 Å². The second-order valence-electron chi connectivity index (χ2n) is 13.0. The van der Waals surface area contributed by atoms with Gasteiger partial charge in [-0.3, -0.25) is 4.79 Å². The van der Waals surface area contributed by atoms with Crippen LogP contribution in [0.15, 0.2) is 29.6 Å². The summed E-state index contributed by atoms with van der Waals surface area (Å²) in [5.41, 5.74) is 1.16. The quantitative estimate of drug-likeness (QED) is 0.454. The van der Waals surface area contributed by atoms with Gasteiger partial charge in [0, 0.05) is 54.8 Å². The molecule has 238 valence electrons. The van der Waals surface area contributed by atoms with Gasteiger partial charge in [0.2, 0.25) is 10.0 Å². The maximum atomic E-state index is 13.5. The van der Waals surface area contributed by atoms with Crippen LogP contribution < -0.4 is 5.32 Å². The number of anilines is 1. The molecule has 1 unspecified atom stereocenters. The lowest BCUT2D eigenvalue weighted by Gasteiger charge is -2.43. The van der Waals surface area contributed by atoms with Gasteiger partial charge in [-0.05, 0) is 77.5 Å². The minimum atomic E-state index is -3.17. The largest absolute Gasteiger partial charge is 0.372 e. The van der Waals surface area contributed by atoms with Crippen LogP contribution in [-0.4, -0.2) is 109 Å². The molecular formula is C31H47ClN6O4S. The molecule has 0 saturated carbocycles. The molecule has 1 N–H and O–H groups in total. The Morgan fingerprint density at radius 2 is 1.86 bits per heavy atom. The molecule has 10 nitrogen and oxygen atoms in total. The molecule has 1 aromatic rings. The second-order valence-corrected chi connectivity index (χ2v) is 15.4. The Morgan fingerprint density at radius 1 is 1.14 bits per heavy atom. The third-order valence-electron chi connectivity index (χ3n) is 10.0. The SMILES string of the molecule is Cc1c(NC[C@@H]2CCC[C@H](C3(C)C=CC(Cl)=CC3)O2)ncnc1C(=O)N1CCC(N2CCC(N(C)S(C)(=O)=O)CC2)CC1. The Labute approximate surface area is 261 Å². The Kier molecular flexibility index (Phi) is 10.2. The van der Waals surface area contributed by atoms with E-state index in [4.69, 9.17) is 16.3 Å². The number of nitrogens with zero attached hydrogens (tertiary/aromatic N) is 5. The number of halogens is 1. The molecule has 3 saturated heterocycles. The van der Waals surface area contributed by atoms with Gasteiger partial charge in [-0.15, -0.1) is 0 Å². The number of hydrogen-bond donors (Lipinski definition) is 1. The predicted octanol–water partition coefficient (Wildman–Crippen LogP) is 4.18. The first-order chi connectivity index (χ1) is 20.4. The molecule has 0 aromatic carbocycles. The molecule has 12 heteroatoms. The van der Waals surface area contributed by atoms with Gasteiger partial charge in [0.1, 0.15) is 17.8 Å². The number of rotatable bonds is 8. The van der Waals surface area contributed by atoms with E-state index in [-0.39, 0.29) is 29.6 Å². The second kappa shape index (κ2) is 13.5. The summed E-state index contributed by atoms with van der Waals surface area (Å²) in [5, 5.41) is 4.24. The fraction of sp³-hybridized carbons (Fsp3) is 0.710. The van der Waals surface area contributed by atoms with Crippen molar-refractivity contribution in [3.05, 3.63) is 40.8 Å². The lowest BCUT2D eigenvalue weighted by Crippen LogP contribution is -2.52. The van der Waals surface area contributed by atoms with Gasteiger partial charge < -0.3 is 19.9 Å². The van der Waals surface area contributed by atoms with Crippen LogP contribution in [0.3, 0.4) is 0 Å². The summed E-state index contributed by atoms with van der Waals surface area (Å²) in [4.78, 5) is 26.8. The van der Waals surface area contributed by atoms with E-state index in [0.717, 1.165) is 75.1 Å². The Balaban J connectivity index is 1.11. The average Bonchev–Trinajstić information content (AvgIpc) is 3.01. The fourth-order valence-corrected chi connectivity index (χ4v) is 7.91. The molecule has 5 rings (SSSR count). The van der Waals surface area contributed by atoms with Crippen molar-refractivity contribution in [1.29, 1.82) is 0 Å². The van der Waals surface area contributed by atoms with Crippen LogP contribution in [0.1, 0.15) is 74.3 Å². The molecule has 1 amide bonds. The van der Waals surface area contributed by atoms with E-state index < -0.39 is 10.0 Å².